The van der Waals surface area contributed by atoms with Gasteiger partial charge in [-0.1, -0.05) is 37.3 Å². The van der Waals surface area contributed by atoms with Crippen LogP contribution in [0.25, 0.3) is 22.2 Å². The lowest BCUT2D eigenvalue weighted by molar-refractivity contribution is -0.131. The standard InChI is InChI=1S/C31H38N4O6/c1-6-14-39-15-13-35-25-16-23(11-12-26(25)40-29(35)38)22-9-7-21(8-10-22)17-31(5,20-32)33-27(36)24-18-34(19-24)28(37)41-30(2,3)4/h7-12,16,24H,6,13-15,17-19H2,1-5H3,(H,33,36)/t31-/m1/s1. The van der Waals surface area contributed by atoms with Crippen LogP contribution in [-0.2, 0) is 27.2 Å². The second kappa shape index (κ2) is 12.2. The van der Waals surface area contributed by atoms with Crippen molar-refractivity contribution < 1.29 is 23.5 Å². The minimum absolute atomic E-state index is 0.259. The van der Waals surface area contributed by atoms with Crippen molar-refractivity contribution in [1.82, 2.24) is 14.8 Å². The molecule has 1 aliphatic rings. The van der Waals surface area contributed by atoms with E-state index in [1.165, 1.54) is 4.90 Å². The second-order valence-electron chi connectivity index (χ2n) is 11.7. The smallest absolute Gasteiger partial charge is 0.420 e. The Morgan fingerprint density at radius 3 is 2.39 bits per heavy atom. The number of hydrogen-bond acceptors (Lipinski definition) is 7. The molecule has 1 aromatic heterocycles. The molecule has 2 aromatic carbocycles. The molecular weight excluding hydrogens is 524 g/mol. The molecule has 0 spiro atoms. The van der Waals surface area contributed by atoms with Gasteiger partial charge in [-0.3, -0.25) is 9.36 Å². The van der Waals surface area contributed by atoms with Crippen molar-refractivity contribution in [2.75, 3.05) is 26.3 Å². The van der Waals surface area contributed by atoms with Gasteiger partial charge in [-0.25, -0.2) is 9.59 Å². The predicted molar refractivity (Wildman–Crippen MR) is 154 cm³/mol. The summed E-state index contributed by atoms with van der Waals surface area (Å²) in [5.74, 6) is -1.05. The van der Waals surface area contributed by atoms with E-state index in [0.717, 1.165) is 23.1 Å². The van der Waals surface area contributed by atoms with Gasteiger partial charge in [-0.15, -0.1) is 0 Å². The molecule has 0 aliphatic carbocycles. The first kappa shape index (κ1) is 29.9. The number of nitrogens with one attached hydrogen (secondary N) is 1. The van der Waals surface area contributed by atoms with Crippen LogP contribution in [-0.4, -0.2) is 58.9 Å². The number of amides is 2. The van der Waals surface area contributed by atoms with Crippen molar-refractivity contribution in [2.24, 2.45) is 5.92 Å². The quantitative estimate of drug-likeness (QED) is 0.361. The van der Waals surface area contributed by atoms with Crippen molar-refractivity contribution in [3.8, 4) is 17.2 Å². The Hall–Kier alpha value is -4.10. The Morgan fingerprint density at radius 1 is 1.07 bits per heavy atom. The predicted octanol–water partition coefficient (Wildman–Crippen LogP) is 4.50. The van der Waals surface area contributed by atoms with Gasteiger partial charge in [-0.2, -0.15) is 5.26 Å². The number of nitrogens with zero attached hydrogens (tertiary/aromatic N) is 3. The number of nitriles is 1. The third-order valence-electron chi connectivity index (χ3n) is 6.87. The minimum Gasteiger partial charge on any atom is -0.444 e. The zero-order valence-electron chi connectivity index (χ0n) is 24.4. The number of aromatic nitrogens is 1. The van der Waals surface area contributed by atoms with Crippen LogP contribution in [0.15, 0.2) is 51.7 Å². The number of carbonyl (C=O) groups excluding carboxylic acids is 2. The minimum atomic E-state index is -1.11. The van der Waals surface area contributed by atoms with Crippen LogP contribution in [0.3, 0.4) is 0 Å². The first-order chi connectivity index (χ1) is 19.4. The van der Waals surface area contributed by atoms with E-state index in [1.54, 1.807) is 38.3 Å². The van der Waals surface area contributed by atoms with Crippen LogP contribution < -0.4 is 11.1 Å². The molecule has 0 radical (unpaired) electrons. The normalized spacial score (nSPS) is 15.2. The maximum absolute atomic E-state index is 12.8. The summed E-state index contributed by atoms with van der Waals surface area (Å²) < 4.78 is 17.9. The van der Waals surface area contributed by atoms with Gasteiger partial charge < -0.3 is 24.1 Å². The molecule has 2 heterocycles. The van der Waals surface area contributed by atoms with Crippen molar-refractivity contribution in [3.05, 3.63) is 58.6 Å². The SMILES string of the molecule is CCCOCCn1c(=O)oc2ccc(-c3ccc(C[C@](C)(C#N)NC(=O)C4CN(C(=O)OC(C)(C)C)C4)cc3)cc21. The lowest BCUT2D eigenvalue weighted by Crippen LogP contribution is -2.59. The summed E-state index contributed by atoms with van der Waals surface area (Å²) >= 11 is 0. The summed E-state index contributed by atoms with van der Waals surface area (Å²) in [6.07, 6.45) is 0.785. The van der Waals surface area contributed by atoms with Crippen LogP contribution in [0.2, 0.25) is 0 Å². The number of hydrogen-bond donors (Lipinski definition) is 1. The van der Waals surface area contributed by atoms with E-state index in [2.05, 4.69) is 11.4 Å². The maximum Gasteiger partial charge on any atom is 0.420 e. The average Bonchev–Trinajstić information content (AvgIpc) is 3.19. The molecule has 4 rings (SSSR count). The number of rotatable bonds is 10. The molecular formula is C31H38N4O6. The summed E-state index contributed by atoms with van der Waals surface area (Å²) in [6, 6.07) is 15.6. The highest BCUT2D eigenvalue weighted by Gasteiger charge is 2.40. The molecule has 218 valence electrons. The molecule has 1 aliphatic heterocycles. The highest BCUT2D eigenvalue weighted by molar-refractivity contribution is 5.84. The maximum atomic E-state index is 12.8. The summed E-state index contributed by atoms with van der Waals surface area (Å²) in [6.45, 7) is 11.1. The molecule has 1 N–H and O–H groups in total. The average molecular weight is 563 g/mol. The highest BCUT2D eigenvalue weighted by atomic mass is 16.6. The van der Waals surface area contributed by atoms with Crippen LogP contribution in [0, 0.1) is 17.2 Å². The second-order valence-corrected chi connectivity index (χ2v) is 11.7. The highest BCUT2D eigenvalue weighted by Crippen LogP contribution is 2.26. The summed E-state index contributed by atoms with van der Waals surface area (Å²) in [4.78, 5) is 38.8. The van der Waals surface area contributed by atoms with Gasteiger partial charge in [0.25, 0.3) is 0 Å². The Bertz CT molecular complexity index is 1490. The lowest BCUT2D eigenvalue weighted by Gasteiger charge is -2.39. The topological polar surface area (TPSA) is 127 Å². The molecule has 3 aromatic rings. The summed E-state index contributed by atoms with van der Waals surface area (Å²) in [5.41, 5.74) is 2.26. The largest absolute Gasteiger partial charge is 0.444 e. The third-order valence-corrected chi connectivity index (χ3v) is 6.87. The van der Waals surface area contributed by atoms with E-state index in [9.17, 15) is 19.6 Å². The Kier molecular flexibility index (Phi) is 8.88. The molecule has 0 bridgehead atoms. The number of fused-ring (bicyclic) bond motifs is 1. The molecule has 0 saturated carbocycles. The zero-order chi connectivity index (χ0) is 29.8. The zero-order valence-corrected chi connectivity index (χ0v) is 24.4. The van der Waals surface area contributed by atoms with Crippen LogP contribution >= 0.6 is 0 Å². The lowest BCUT2D eigenvalue weighted by atomic mass is 9.91. The third kappa shape index (κ3) is 7.35. The Balaban J connectivity index is 1.39. The fraction of sp³-hybridized carbons (Fsp3) is 0.484. The van der Waals surface area contributed by atoms with Gasteiger partial charge in [0.1, 0.15) is 11.1 Å². The van der Waals surface area contributed by atoms with E-state index < -0.39 is 23.0 Å². The summed E-state index contributed by atoms with van der Waals surface area (Å²) in [7, 11) is 0. The molecule has 1 atom stereocenters. The molecule has 10 heteroatoms. The Morgan fingerprint density at radius 2 is 1.76 bits per heavy atom. The number of oxazole rings is 1. The van der Waals surface area contributed by atoms with Crippen molar-refractivity contribution in [2.45, 2.75) is 65.1 Å². The molecule has 10 nitrogen and oxygen atoms in total. The van der Waals surface area contributed by atoms with Gasteiger partial charge >= 0.3 is 11.8 Å². The van der Waals surface area contributed by atoms with Gasteiger partial charge in [0.15, 0.2) is 5.58 Å². The van der Waals surface area contributed by atoms with Crippen molar-refractivity contribution in [3.63, 3.8) is 0 Å². The van der Waals surface area contributed by atoms with E-state index in [1.807, 2.05) is 43.3 Å². The van der Waals surface area contributed by atoms with Crippen molar-refractivity contribution in [1.29, 1.82) is 5.26 Å². The molecule has 41 heavy (non-hydrogen) atoms. The van der Waals surface area contributed by atoms with Crippen LogP contribution in [0.4, 0.5) is 4.79 Å². The van der Waals surface area contributed by atoms with Crippen LogP contribution in [0.5, 0.6) is 0 Å². The number of benzene rings is 2. The fourth-order valence-corrected chi connectivity index (χ4v) is 4.68. The van der Waals surface area contributed by atoms with Gasteiger partial charge in [-0.05, 0) is 62.9 Å². The van der Waals surface area contributed by atoms with E-state index in [-0.39, 0.29) is 24.9 Å². The number of carbonyl (C=O) groups is 2. The van der Waals surface area contributed by atoms with Gasteiger partial charge in [0.05, 0.1) is 30.7 Å². The molecule has 2 amide bonds. The first-order valence-electron chi connectivity index (χ1n) is 13.9. The molecule has 0 unspecified atom stereocenters. The van der Waals surface area contributed by atoms with E-state index in [0.29, 0.717) is 37.3 Å². The monoisotopic (exact) mass is 562 g/mol. The fourth-order valence-electron chi connectivity index (χ4n) is 4.68. The summed E-state index contributed by atoms with van der Waals surface area (Å²) in [5, 5.41) is 12.8. The Labute approximate surface area is 239 Å². The number of ether oxygens (including phenoxy) is 2. The van der Waals surface area contributed by atoms with E-state index >= 15 is 0 Å². The molecule has 1 fully saturated rings. The first-order valence-corrected chi connectivity index (χ1v) is 13.9. The number of likely N-dealkylation sites (tertiary alicyclic amines) is 1. The van der Waals surface area contributed by atoms with E-state index in [4.69, 9.17) is 13.9 Å². The molecule has 1 saturated heterocycles. The van der Waals surface area contributed by atoms with Crippen molar-refractivity contribution >= 4 is 23.1 Å². The van der Waals surface area contributed by atoms with Gasteiger partial charge in [0.2, 0.25) is 5.91 Å². The van der Waals surface area contributed by atoms with Gasteiger partial charge in [0, 0.05) is 26.1 Å². The van der Waals surface area contributed by atoms with Crippen LogP contribution in [0.1, 0.15) is 46.6 Å².